The van der Waals surface area contributed by atoms with Crippen LogP contribution < -0.4 is 16.0 Å². The van der Waals surface area contributed by atoms with E-state index in [-0.39, 0.29) is 36.8 Å². The number of phosphoric acid groups is 1. The molecule has 2 aromatic carbocycles. The Morgan fingerprint density at radius 2 is 1.77 bits per heavy atom. The Morgan fingerprint density at radius 1 is 1.05 bits per heavy atom. The maximum Gasteiger partial charge on any atom is 0.470 e. The van der Waals surface area contributed by atoms with Crippen molar-refractivity contribution in [2.75, 3.05) is 23.8 Å². The van der Waals surface area contributed by atoms with Crippen molar-refractivity contribution in [2.45, 2.75) is 94.6 Å². The number of hydrogen-bond acceptors (Lipinski definition) is 11. The van der Waals surface area contributed by atoms with Crippen LogP contribution in [0.4, 0.5) is 10.1 Å². The smallest absolute Gasteiger partial charge is 0.470 e. The van der Waals surface area contributed by atoms with E-state index in [4.69, 9.17) is 14.0 Å². The van der Waals surface area contributed by atoms with Crippen LogP contribution in [0.2, 0.25) is 0 Å². The number of anilines is 1. The van der Waals surface area contributed by atoms with Gasteiger partial charge in [0.1, 0.15) is 12.6 Å². The molecular formula is C44H50BrFN3O14P. The normalized spacial score (nSPS) is 32.0. The number of fused-ring (bicyclic) bond motifs is 7. The minimum Gasteiger partial charge on any atom is -0.481 e. The van der Waals surface area contributed by atoms with Crippen LogP contribution in [-0.4, -0.2) is 103 Å². The number of alkyl halides is 2. The molecule has 64 heavy (non-hydrogen) atoms. The highest BCUT2D eigenvalue weighted by atomic mass is 79.9. The average molecular weight is 975 g/mol. The van der Waals surface area contributed by atoms with Gasteiger partial charge in [0.15, 0.2) is 29.1 Å². The maximum atomic E-state index is 17.9. The van der Waals surface area contributed by atoms with Crippen molar-refractivity contribution in [1.82, 2.24) is 10.6 Å². The summed E-state index contributed by atoms with van der Waals surface area (Å²) in [5.41, 5.74) is -3.80. The number of carboxylic acids is 1. The molecule has 5 aliphatic rings. The van der Waals surface area contributed by atoms with Crippen molar-refractivity contribution >= 4 is 64.7 Å². The molecule has 1 heterocycles. The Labute approximate surface area is 375 Å². The van der Waals surface area contributed by atoms with Crippen LogP contribution in [-0.2, 0) is 53.8 Å². The molecule has 0 bridgehead atoms. The Kier molecular flexibility index (Phi) is 13.4. The third kappa shape index (κ3) is 8.80. The van der Waals surface area contributed by atoms with Gasteiger partial charge in [0.25, 0.3) is 0 Å². The van der Waals surface area contributed by atoms with E-state index in [0.29, 0.717) is 29.7 Å². The fourth-order valence-electron chi connectivity index (χ4n) is 10.9. The van der Waals surface area contributed by atoms with Gasteiger partial charge in [-0.1, -0.05) is 70.9 Å². The number of ether oxygens (including phenoxy) is 2. The molecule has 0 unspecified atom stereocenters. The van der Waals surface area contributed by atoms with E-state index in [1.165, 1.54) is 18.2 Å². The zero-order valence-corrected chi connectivity index (χ0v) is 37.4. The SMILES string of the molecule is C[C@]12C=CC(=O)C=C1CC[C@H]1[C@@H]3C[C@H]4O[C@@H](c5cccc(Cc6cccc(NC(=O)[C@H](CCC(=O)O)NC(=O)CNC(=O)CBr)c6)c5)O[C@@]4(C(=O)COP(=O)(O)O)[C@@]3(C)C[C@H](O)[C@@]12F. The van der Waals surface area contributed by atoms with Crippen LogP contribution >= 0.6 is 23.8 Å². The van der Waals surface area contributed by atoms with Crippen molar-refractivity contribution < 1.29 is 71.7 Å². The highest BCUT2D eigenvalue weighted by molar-refractivity contribution is 9.09. The minimum absolute atomic E-state index is 0.0349. The zero-order chi connectivity index (χ0) is 46.4. The molecule has 3 amide bonds. The van der Waals surface area contributed by atoms with Gasteiger partial charge in [0, 0.05) is 34.4 Å². The van der Waals surface area contributed by atoms with Gasteiger partial charge in [-0.2, -0.15) is 0 Å². The summed E-state index contributed by atoms with van der Waals surface area (Å²) in [4.78, 5) is 94.5. The molecule has 10 atom stereocenters. The Hall–Kier alpha value is -4.46. The van der Waals surface area contributed by atoms with Crippen LogP contribution in [0.3, 0.4) is 0 Å². The topological polar surface area (TPSA) is 264 Å². The predicted molar refractivity (Wildman–Crippen MR) is 228 cm³/mol. The summed E-state index contributed by atoms with van der Waals surface area (Å²) in [6, 6.07) is 12.7. The first kappa shape index (κ1) is 47.5. The van der Waals surface area contributed by atoms with E-state index in [9.17, 15) is 53.3 Å². The monoisotopic (exact) mass is 973 g/mol. The lowest BCUT2D eigenvalue weighted by atomic mass is 9.44. The van der Waals surface area contributed by atoms with Gasteiger partial charge in [-0.05, 0) is 86.8 Å². The van der Waals surface area contributed by atoms with E-state index in [0.717, 1.165) is 11.1 Å². The molecule has 3 saturated carbocycles. The lowest BCUT2D eigenvalue weighted by Crippen LogP contribution is -2.69. The first-order chi connectivity index (χ1) is 30.1. The Balaban J connectivity index is 1.11. The van der Waals surface area contributed by atoms with Gasteiger partial charge in [0.2, 0.25) is 17.7 Å². The molecule has 1 aliphatic heterocycles. The number of halogens is 2. The second kappa shape index (κ2) is 18.1. The van der Waals surface area contributed by atoms with E-state index < -0.39 is 115 Å². The molecule has 1 saturated heterocycles. The number of benzene rings is 2. The summed E-state index contributed by atoms with van der Waals surface area (Å²) in [5, 5.41) is 28.7. The number of carbonyl (C=O) groups excluding carboxylic acids is 5. The number of phosphoric ester groups is 1. The summed E-state index contributed by atoms with van der Waals surface area (Å²) >= 11 is 2.98. The average Bonchev–Trinajstić information content (AvgIpc) is 3.74. The number of ketones is 2. The second-order valence-electron chi connectivity index (χ2n) is 17.6. The minimum atomic E-state index is -5.13. The fourth-order valence-corrected chi connectivity index (χ4v) is 11.4. The molecule has 2 aromatic rings. The molecule has 4 fully saturated rings. The van der Waals surface area contributed by atoms with E-state index in [2.05, 4.69) is 31.9 Å². The summed E-state index contributed by atoms with van der Waals surface area (Å²) in [7, 11) is -5.13. The van der Waals surface area contributed by atoms with Gasteiger partial charge < -0.3 is 45.4 Å². The number of amides is 3. The lowest BCUT2D eigenvalue weighted by molar-refractivity contribution is -0.231. The third-order valence-corrected chi connectivity index (χ3v) is 14.8. The highest BCUT2D eigenvalue weighted by Crippen LogP contribution is 2.72. The maximum absolute atomic E-state index is 17.9. The van der Waals surface area contributed by atoms with Crippen molar-refractivity contribution in [3.63, 3.8) is 0 Å². The van der Waals surface area contributed by atoms with Crippen LogP contribution in [0.5, 0.6) is 0 Å². The Morgan fingerprint density at radius 3 is 2.47 bits per heavy atom. The number of nitrogens with one attached hydrogen (secondary N) is 3. The predicted octanol–water partition coefficient (Wildman–Crippen LogP) is 3.89. The number of carbonyl (C=O) groups is 6. The van der Waals surface area contributed by atoms with Crippen molar-refractivity contribution in [3.05, 3.63) is 89.0 Å². The van der Waals surface area contributed by atoms with Crippen LogP contribution in [0.15, 0.2) is 72.3 Å². The zero-order valence-electron chi connectivity index (χ0n) is 35.0. The van der Waals surface area contributed by atoms with Crippen molar-refractivity contribution in [2.24, 2.45) is 22.7 Å². The standard InChI is InChI=1S/C44H50BrFN3O14P/c1-41-14-13-29(50)18-27(41)9-10-30-31-19-35-44(34(52)23-61-64(58,59)60,42(31,2)20-33(51)43(30,41)46)63-40(62-35)26-7-3-5-24(16-26)15-25-6-4-8-28(17-25)48-39(57)32(11-12-38(55)56)49-37(54)22-47-36(53)21-45/h3-8,13-14,16-18,30-33,35,40,51H,9-12,15,19-23H2,1-2H3,(H,47,53)(H,48,57)(H,49,54)(H,55,56)(H2,58,59,60)/t30-,31-,32-,33-,35+,40+,41-,42-,43-,44+/m0/s1. The highest BCUT2D eigenvalue weighted by Gasteiger charge is 2.79. The number of Topliss-reactive ketones (excluding diaryl/α,β-unsaturated/α-hetero) is 1. The molecule has 344 valence electrons. The number of carboxylic acid groups (broad SMARTS) is 1. The van der Waals surface area contributed by atoms with E-state index >= 15 is 4.39 Å². The van der Waals surface area contributed by atoms with Gasteiger partial charge >= 0.3 is 13.8 Å². The van der Waals surface area contributed by atoms with E-state index in [1.54, 1.807) is 50.2 Å². The summed E-state index contributed by atoms with van der Waals surface area (Å²) in [6.45, 7) is 1.95. The van der Waals surface area contributed by atoms with Crippen LogP contribution in [0, 0.1) is 22.7 Å². The van der Waals surface area contributed by atoms with E-state index in [1.807, 2.05) is 12.1 Å². The quantitative estimate of drug-likeness (QED) is 0.0931. The molecule has 7 N–H and O–H groups in total. The summed E-state index contributed by atoms with van der Waals surface area (Å²) in [6.07, 6.45) is 0.655. The number of rotatable bonds is 16. The van der Waals surface area contributed by atoms with Gasteiger partial charge in [-0.3, -0.25) is 33.3 Å². The molecular weight excluding hydrogens is 924 g/mol. The second-order valence-corrected chi connectivity index (χ2v) is 19.4. The van der Waals surface area contributed by atoms with Crippen LogP contribution in [0.1, 0.15) is 75.4 Å². The third-order valence-electron chi connectivity index (χ3n) is 13.9. The number of aliphatic hydroxyl groups is 1. The molecule has 0 aromatic heterocycles. The molecule has 4 aliphatic carbocycles. The number of aliphatic carboxylic acids is 1. The number of allylic oxidation sites excluding steroid dienone is 4. The van der Waals surface area contributed by atoms with Gasteiger partial charge in [0.05, 0.1) is 24.1 Å². The number of hydrogen-bond donors (Lipinski definition) is 7. The molecule has 17 nitrogen and oxygen atoms in total. The van der Waals surface area contributed by atoms with Crippen molar-refractivity contribution in [1.29, 1.82) is 0 Å². The first-order valence-electron chi connectivity index (χ1n) is 20.8. The summed E-state index contributed by atoms with van der Waals surface area (Å²) < 4.78 is 47.7. The molecule has 20 heteroatoms. The Bertz CT molecular complexity index is 2360. The molecule has 7 rings (SSSR count). The molecule has 0 radical (unpaired) electrons. The lowest BCUT2D eigenvalue weighted by Gasteiger charge is -2.62. The van der Waals surface area contributed by atoms with Crippen LogP contribution in [0.25, 0.3) is 0 Å². The summed E-state index contributed by atoms with van der Waals surface area (Å²) in [5.74, 6) is -5.45. The van der Waals surface area contributed by atoms with Gasteiger partial charge in [-0.15, -0.1) is 0 Å². The molecule has 0 spiro atoms. The largest absolute Gasteiger partial charge is 0.481 e. The fraction of sp³-hybridized carbons (Fsp3) is 0.500. The van der Waals surface area contributed by atoms with Gasteiger partial charge in [-0.25, -0.2) is 8.96 Å². The van der Waals surface area contributed by atoms with Crippen molar-refractivity contribution in [3.8, 4) is 0 Å². The first-order valence-corrected chi connectivity index (χ1v) is 23.5. The number of aliphatic hydroxyl groups excluding tert-OH is 1.